The molecule has 0 saturated heterocycles. The third-order valence-electron chi connectivity index (χ3n) is 6.46. The summed E-state index contributed by atoms with van der Waals surface area (Å²) in [6.45, 7) is 2.65. The number of hydrogen-bond donors (Lipinski definition) is 2. The van der Waals surface area contributed by atoms with Crippen LogP contribution >= 0.6 is 0 Å². The van der Waals surface area contributed by atoms with Gasteiger partial charge in [-0.25, -0.2) is 4.98 Å². The van der Waals surface area contributed by atoms with E-state index in [9.17, 15) is 9.90 Å². The van der Waals surface area contributed by atoms with Crippen molar-refractivity contribution in [2.75, 3.05) is 5.32 Å². The highest BCUT2D eigenvalue weighted by Crippen LogP contribution is 2.37. The summed E-state index contributed by atoms with van der Waals surface area (Å²) in [7, 11) is 0. The van der Waals surface area contributed by atoms with E-state index in [1.165, 1.54) is 11.3 Å². The van der Waals surface area contributed by atoms with Gasteiger partial charge in [-0.1, -0.05) is 6.07 Å². The van der Waals surface area contributed by atoms with Gasteiger partial charge in [-0.15, -0.1) is 0 Å². The van der Waals surface area contributed by atoms with Crippen LogP contribution < -0.4 is 10.9 Å². The Balaban J connectivity index is 1.66. The highest BCUT2D eigenvalue weighted by molar-refractivity contribution is 5.86. The normalized spacial score (nSPS) is 24.3. The van der Waals surface area contributed by atoms with Gasteiger partial charge in [-0.05, 0) is 63.6 Å². The lowest BCUT2D eigenvalue weighted by Crippen LogP contribution is -2.26. The molecule has 1 aliphatic carbocycles. The lowest BCUT2D eigenvalue weighted by atomic mass is 9.92. The van der Waals surface area contributed by atoms with Gasteiger partial charge in [-0.2, -0.15) is 0 Å². The van der Waals surface area contributed by atoms with Crippen molar-refractivity contribution in [3.05, 3.63) is 58.3 Å². The number of imidazole rings is 1. The van der Waals surface area contributed by atoms with Crippen LogP contribution in [0.25, 0.3) is 11.0 Å². The van der Waals surface area contributed by atoms with Gasteiger partial charge in [0.15, 0.2) is 0 Å². The highest BCUT2D eigenvalue weighted by atomic mass is 16.3. The van der Waals surface area contributed by atoms with E-state index in [1.54, 1.807) is 16.7 Å². The SMILES string of the molecule is C[C@H]1CCc2c(ccc3c2nc(Cn2ccccc2=O)n3[C@H]2CCC[C@@H](O)C2)N1. The zero-order valence-corrected chi connectivity index (χ0v) is 16.8. The Morgan fingerprint density at radius 1 is 1.21 bits per heavy atom. The molecule has 0 unspecified atom stereocenters. The lowest BCUT2D eigenvalue weighted by Gasteiger charge is -2.29. The molecule has 6 heteroatoms. The van der Waals surface area contributed by atoms with Gasteiger partial charge < -0.3 is 19.6 Å². The number of aliphatic hydroxyl groups is 1. The van der Waals surface area contributed by atoms with E-state index in [0.717, 1.165) is 55.4 Å². The predicted molar refractivity (Wildman–Crippen MR) is 114 cm³/mol. The van der Waals surface area contributed by atoms with Gasteiger partial charge >= 0.3 is 0 Å². The van der Waals surface area contributed by atoms with Crippen molar-refractivity contribution in [2.24, 2.45) is 0 Å². The Kier molecular flexibility index (Phi) is 4.66. The van der Waals surface area contributed by atoms with Gasteiger partial charge in [0.25, 0.3) is 5.56 Å². The van der Waals surface area contributed by atoms with Gasteiger partial charge in [0.2, 0.25) is 0 Å². The number of nitrogens with zero attached hydrogens (tertiary/aromatic N) is 3. The number of hydrogen-bond acceptors (Lipinski definition) is 4. The second kappa shape index (κ2) is 7.34. The predicted octanol–water partition coefficient (Wildman–Crippen LogP) is 3.47. The third-order valence-corrected chi connectivity index (χ3v) is 6.46. The van der Waals surface area contributed by atoms with Crippen molar-refractivity contribution in [3.8, 4) is 0 Å². The maximum absolute atomic E-state index is 12.3. The summed E-state index contributed by atoms with van der Waals surface area (Å²) in [6.07, 6.45) is 7.32. The second-order valence-electron chi connectivity index (χ2n) is 8.58. The summed E-state index contributed by atoms with van der Waals surface area (Å²) < 4.78 is 4.01. The van der Waals surface area contributed by atoms with E-state index in [4.69, 9.17) is 4.98 Å². The number of aromatic nitrogens is 3. The fraction of sp³-hybridized carbons (Fsp3) is 0.478. The molecule has 29 heavy (non-hydrogen) atoms. The van der Waals surface area contributed by atoms with E-state index in [0.29, 0.717) is 12.6 Å². The average Bonchev–Trinajstić information content (AvgIpc) is 3.08. The molecule has 1 aliphatic heterocycles. The quantitative estimate of drug-likeness (QED) is 0.716. The largest absolute Gasteiger partial charge is 0.393 e. The van der Waals surface area contributed by atoms with Gasteiger partial charge in [0, 0.05) is 35.6 Å². The number of nitrogens with one attached hydrogen (secondary N) is 1. The van der Waals surface area contributed by atoms with Crippen LogP contribution in [0.5, 0.6) is 0 Å². The monoisotopic (exact) mass is 392 g/mol. The molecule has 0 radical (unpaired) electrons. The summed E-state index contributed by atoms with van der Waals surface area (Å²) in [4.78, 5) is 17.4. The van der Waals surface area contributed by atoms with Crippen LogP contribution in [-0.4, -0.2) is 31.4 Å². The van der Waals surface area contributed by atoms with Crippen molar-refractivity contribution in [2.45, 2.75) is 70.2 Å². The van der Waals surface area contributed by atoms with Crippen molar-refractivity contribution in [1.82, 2.24) is 14.1 Å². The molecule has 5 rings (SSSR count). The topological polar surface area (TPSA) is 72.1 Å². The van der Waals surface area contributed by atoms with Crippen molar-refractivity contribution >= 4 is 16.7 Å². The number of anilines is 1. The average molecular weight is 393 g/mol. The fourth-order valence-corrected chi connectivity index (χ4v) is 4.99. The first-order valence-electron chi connectivity index (χ1n) is 10.7. The first-order valence-corrected chi connectivity index (χ1v) is 10.7. The summed E-state index contributed by atoms with van der Waals surface area (Å²) in [5, 5.41) is 13.9. The van der Waals surface area contributed by atoms with Gasteiger partial charge in [-0.3, -0.25) is 4.79 Å². The molecule has 2 N–H and O–H groups in total. The zero-order valence-electron chi connectivity index (χ0n) is 16.8. The molecule has 152 valence electrons. The molecule has 6 nitrogen and oxygen atoms in total. The van der Waals surface area contributed by atoms with Crippen LogP contribution in [0.3, 0.4) is 0 Å². The second-order valence-corrected chi connectivity index (χ2v) is 8.58. The molecule has 3 heterocycles. The van der Waals surface area contributed by atoms with E-state index in [1.807, 2.05) is 12.3 Å². The Hall–Kier alpha value is -2.60. The van der Waals surface area contributed by atoms with E-state index in [-0.39, 0.29) is 17.7 Å². The zero-order chi connectivity index (χ0) is 20.0. The number of fused-ring (bicyclic) bond motifs is 3. The molecular formula is C23H28N4O2. The molecular weight excluding hydrogens is 364 g/mol. The minimum atomic E-state index is -0.265. The minimum absolute atomic E-state index is 0.0210. The minimum Gasteiger partial charge on any atom is -0.393 e. The van der Waals surface area contributed by atoms with E-state index in [2.05, 4.69) is 28.9 Å². The summed E-state index contributed by atoms with van der Waals surface area (Å²) in [5.74, 6) is 0.902. The van der Waals surface area contributed by atoms with Crippen LogP contribution in [0.4, 0.5) is 5.69 Å². The number of aliphatic hydroxyl groups excluding tert-OH is 1. The maximum Gasteiger partial charge on any atom is 0.250 e. The number of pyridine rings is 1. The molecule has 1 fully saturated rings. The Bertz CT molecular complexity index is 1100. The van der Waals surface area contributed by atoms with Gasteiger partial charge in [0.05, 0.1) is 23.7 Å². The molecule has 1 saturated carbocycles. The van der Waals surface area contributed by atoms with Crippen LogP contribution in [0.1, 0.15) is 56.5 Å². The summed E-state index contributed by atoms with van der Waals surface area (Å²) in [5.41, 5.74) is 4.59. The molecule has 3 atom stereocenters. The Morgan fingerprint density at radius 2 is 2.10 bits per heavy atom. The first-order chi connectivity index (χ1) is 14.1. The molecule has 3 aromatic rings. The van der Waals surface area contributed by atoms with Crippen LogP contribution in [0, 0.1) is 0 Å². The van der Waals surface area contributed by atoms with Crippen molar-refractivity contribution in [1.29, 1.82) is 0 Å². The van der Waals surface area contributed by atoms with Gasteiger partial charge in [0.1, 0.15) is 5.82 Å². The summed E-state index contributed by atoms with van der Waals surface area (Å²) in [6, 6.07) is 10.2. The summed E-state index contributed by atoms with van der Waals surface area (Å²) >= 11 is 0. The highest BCUT2D eigenvalue weighted by Gasteiger charge is 2.28. The Morgan fingerprint density at radius 3 is 2.93 bits per heavy atom. The molecule has 0 bridgehead atoms. The van der Waals surface area contributed by atoms with Crippen molar-refractivity contribution in [3.63, 3.8) is 0 Å². The number of aryl methyl sites for hydroxylation is 1. The standard InChI is InChI=1S/C23H28N4O2/c1-15-8-9-18-19(24-15)10-11-20-23(18)25-21(14-26-12-3-2-7-22(26)29)27(20)16-5-4-6-17(28)13-16/h2-3,7,10-12,15-17,24,28H,4-6,8-9,13-14H2,1H3/t15-,16-,17+/m0/s1. The Labute approximate surface area is 170 Å². The molecule has 2 aromatic heterocycles. The number of rotatable bonds is 3. The van der Waals surface area contributed by atoms with E-state index < -0.39 is 0 Å². The lowest BCUT2D eigenvalue weighted by molar-refractivity contribution is 0.104. The smallest absolute Gasteiger partial charge is 0.250 e. The van der Waals surface area contributed by atoms with Crippen LogP contribution in [0.2, 0.25) is 0 Å². The van der Waals surface area contributed by atoms with Crippen LogP contribution in [0.15, 0.2) is 41.3 Å². The van der Waals surface area contributed by atoms with Crippen molar-refractivity contribution < 1.29 is 5.11 Å². The fourth-order valence-electron chi connectivity index (χ4n) is 4.99. The molecule has 0 amide bonds. The van der Waals surface area contributed by atoms with Crippen LogP contribution in [-0.2, 0) is 13.0 Å². The molecule has 0 spiro atoms. The third kappa shape index (κ3) is 3.35. The first kappa shape index (κ1) is 18.4. The maximum atomic E-state index is 12.3. The van der Waals surface area contributed by atoms with E-state index >= 15 is 0 Å². The molecule has 1 aromatic carbocycles. The number of benzene rings is 1. The molecule has 2 aliphatic rings.